The highest BCUT2D eigenvalue weighted by atomic mass is 16.5. The van der Waals surface area contributed by atoms with Crippen molar-refractivity contribution in [2.24, 2.45) is 0 Å². The number of hydrogen-bond acceptors (Lipinski definition) is 3. The Balaban J connectivity index is 1.68. The number of ether oxygens (including phenoxy) is 1. The lowest BCUT2D eigenvalue weighted by atomic mass is 10.2. The van der Waals surface area contributed by atoms with E-state index >= 15 is 0 Å². The Bertz CT molecular complexity index is 683. The second kappa shape index (κ2) is 5.81. The minimum absolute atomic E-state index is 0.164. The molecule has 5 nitrogen and oxygen atoms in total. The molecule has 0 bridgehead atoms. The van der Waals surface area contributed by atoms with E-state index in [1.54, 1.807) is 7.05 Å². The van der Waals surface area contributed by atoms with Crippen molar-refractivity contribution in [1.82, 2.24) is 10.4 Å². The van der Waals surface area contributed by atoms with Crippen molar-refractivity contribution in [2.45, 2.75) is 6.61 Å². The molecule has 22 heavy (non-hydrogen) atoms. The first kappa shape index (κ1) is 14.0. The van der Waals surface area contributed by atoms with Gasteiger partial charge in [0.05, 0.1) is 5.69 Å². The van der Waals surface area contributed by atoms with Crippen LogP contribution < -0.4 is 15.1 Å². The fourth-order valence-corrected chi connectivity index (χ4v) is 2.26. The second-order valence-corrected chi connectivity index (χ2v) is 5.00. The van der Waals surface area contributed by atoms with Crippen molar-refractivity contribution >= 4 is 11.7 Å². The van der Waals surface area contributed by atoms with E-state index < -0.39 is 0 Å². The standard InChI is InChI=1S/C17H17N3O2/c1-13-18-19(2)17(21)20(13)15-8-10-16(11-9-15)22-12-14-6-4-3-5-7-14/h3-11,18H,1,12H2,2H3. The summed E-state index contributed by atoms with van der Waals surface area (Å²) in [5.41, 5.74) is 4.72. The smallest absolute Gasteiger partial charge is 0.348 e. The Hall–Kier alpha value is -2.95. The van der Waals surface area contributed by atoms with Crippen LogP contribution in [0, 0.1) is 0 Å². The lowest BCUT2D eigenvalue weighted by Gasteiger charge is -2.15. The summed E-state index contributed by atoms with van der Waals surface area (Å²) in [6.07, 6.45) is 0. The molecule has 5 heteroatoms. The van der Waals surface area contributed by atoms with Crippen LogP contribution in [-0.4, -0.2) is 18.1 Å². The number of anilines is 1. The number of urea groups is 1. The lowest BCUT2D eigenvalue weighted by molar-refractivity contribution is 0.218. The maximum Gasteiger partial charge on any atom is 0.348 e. The Labute approximate surface area is 129 Å². The van der Waals surface area contributed by atoms with E-state index in [-0.39, 0.29) is 6.03 Å². The van der Waals surface area contributed by atoms with Gasteiger partial charge >= 0.3 is 6.03 Å². The summed E-state index contributed by atoms with van der Waals surface area (Å²) < 4.78 is 5.73. The van der Waals surface area contributed by atoms with Crippen LogP contribution >= 0.6 is 0 Å². The normalized spacial score (nSPS) is 14.2. The molecule has 1 aliphatic rings. The van der Waals surface area contributed by atoms with Gasteiger partial charge in [-0.1, -0.05) is 36.9 Å². The minimum Gasteiger partial charge on any atom is -0.489 e. The summed E-state index contributed by atoms with van der Waals surface area (Å²) in [5, 5.41) is 1.39. The molecule has 0 unspecified atom stereocenters. The Morgan fingerprint density at radius 2 is 1.77 bits per heavy atom. The van der Waals surface area contributed by atoms with E-state index in [9.17, 15) is 4.79 Å². The molecule has 1 fully saturated rings. The molecule has 2 aromatic carbocycles. The van der Waals surface area contributed by atoms with Crippen LogP contribution in [0.1, 0.15) is 5.56 Å². The van der Waals surface area contributed by atoms with Gasteiger partial charge in [0.2, 0.25) is 0 Å². The maximum absolute atomic E-state index is 12.0. The highest BCUT2D eigenvalue weighted by Gasteiger charge is 2.30. The van der Waals surface area contributed by atoms with Gasteiger partial charge in [-0.15, -0.1) is 0 Å². The molecule has 0 aliphatic carbocycles. The molecule has 0 saturated carbocycles. The molecule has 2 aromatic rings. The average Bonchev–Trinajstić information content (AvgIpc) is 2.80. The van der Waals surface area contributed by atoms with E-state index in [0.717, 1.165) is 17.0 Å². The van der Waals surface area contributed by atoms with Crippen molar-refractivity contribution in [3.63, 3.8) is 0 Å². The molecule has 112 valence electrons. The molecule has 3 rings (SSSR count). The predicted molar refractivity (Wildman–Crippen MR) is 85.1 cm³/mol. The van der Waals surface area contributed by atoms with Crippen LogP contribution in [0.25, 0.3) is 0 Å². The summed E-state index contributed by atoms with van der Waals surface area (Å²) in [4.78, 5) is 13.5. The van der Waals surface area contributed by atoms with E-state index in [1.807, 2.05) is 54.6 Å². The van der Waals surface area contributed by atoms with E-state index in [1.165, 1.54) is 9.91 Å². The van der Waals surface area contributed by atoms with E-state index in [2.05, 4.69) is 12.0 Å². The highest BCUT2D eigenvalue weighted by molar-refractivity contribution is 5.96. The first-order valence-corrected chi connectivity index (χ1v) is 6.95. The van der Waals surface area contributed by atoms with Gasteiger partial charge in [-0.25, -0.2) is 14.7 Å². The van der Waals surface area contributed by atoms with Crippen molar-refractivity contribution in [2.75, 3.05) is 11.9 Å². The minimum atomic E-state index is -0.164. The number of carbonyl (C=O) groups excluding carboxylic acids is 1. The highest BCUT2D eigenvalue weighted by Crippen LogP contribution is 2.25. The van der Waals surface area contributed by atoms with Crippen LogP contribution in [0.2, 0.25) is 0 Å². The Kier molecular flexibility index (Phi) is 3.70. The molecule has 0 spiro atoms. The summed E-state index contributed by atoms with van der Waals surface area (Å²) in [6.45, 7) is 4.35. The van der Waals surface area contributed by atoms with Crippen LogP contribution in [-0.2, 0) is 6.61 Å². The van der Waals surface area contributed by atoms with Crippen LogP contribution in [0.4, 0.5) is 10.5 Å². The van der Waals surface area contributed by atoms with Gasteiger partial charge in [-0.05, 0) is 29.8 Å². The summed E-state index contributed by atoms with van der Waals surface area (Å²) >= 11 is 0. The third kappa shape index (κ3) is 2.74. The Morgan fingerprint density at radius 3 is 2.36 bits per heavy atom. The first-order chi connectivity index (χ1) is 10.6. The number of carbonyl (C=O) groups is 1. The summed E-state index contributed by atoms with van der Waals surface area (Å²) in [5.74, 6) is 1.29. The summed E-state index contributed by atoms with van der Waals surface area (Å²) in [6, 6.07) is 17.2. The third-order valence-corrected chi connectivity index (χ3v) is 3.39. The van der Waals surface area contributed by atoms with Gasteiger partial charge in [0.25, 0.3) is 0 Å². The SMILES string of the molecule is C=C1NN(C)C(=O)N1c1ccc(OCc2ccccc2)cc1. The van der Waals surface area contributed by atoms with Gasteiger partial charge in [0.15, 0.2) is 0 Å². The molecule has 0 aromatic heterocycles. The van der Waals surface area contributed by atoms with Gasteiger partial charge in [-0.2, -0.15) is 0 Å². The average molecular weight is 295 g/mol. The molecular formula is C17H17N3O2. The van der Waals surface area contributed by atoms with Gasteiger partial charge in [0.1, 0.15) is 18.2 Å². The molecular weight excluding hydrogens is 278 g/mol. The maximum atomic E-state index is 12.0. The number of nitrogens with zero attached hydrogens (tertiary/aromatic N) is 2. The molecule has 2 amide bonds. The number of benzene rings is 2. The molecule has 0 radical (unpaired) electrons. The number of hydrogen-bond donors (Lipinski definition) is 1. The predicted octanol–water partition coefficient (Wildman–Crippen LogP) is 3.11. The second-order valence-electron chi connectivity index (χ2n) is 5.00. The fourth-order valence-electron chi connectivity index (χ4n) is 2.26. The number of amides is 2. The number of hydrazine groups is 1. The van der Waals surface area contributed by atoms with Crippen molar-refractivity contribution in [3.05, 3.63) is 72.6 Å². The van der Waals surface area contributed by atoms with Crippen molar-refractivity contribution in [1.29, 1.82) is 0 Å². The first-order valence-electron chi connectivity index (χ1n) is 6.95. The van der Waals surface area contributed by atoms with Crippen molar-refractivity contribution in [3.8, 4) is 5.75 Å². The molecule has 1 heterocycles. The van der Waals surface area contributed by atoms with Crippen molar-refractivity contribution < 1.29 is 9.53 Å². The van der Waals surface area contributed by atoms with Crippen LogP contribution in [0.15, 0.2) is 67.0 Å². The van der Waals surface area contributed by atoms with Crippen LogP contribution in [0.3, 0.4) is 0 Å². The molecule has 1 saturated heterocycles. The summed E-state index contributed by atoms with van der Waals surface area (Å²) in [7, 11) is 1.66. The zero-order valence-electron chi connectivity index (χ0n) is 12.3. The molecule has 1 N–H and O–H groups in total. The Morgan fingerprint density at radius 1 is 1.09 bits per heavy atom. The molecule has 0 atom stereocenters. The van der Waals surface area contributed by atoms with Crippen LogP contribution in [0.5, 0.6) is 5.75 Å². The van der Waals surface area contributed by atoms with Gasteiger partial charge in [-0.3, -0.25) is 5.43 Å². The number of rotatable bonds is 4. The number of nitrogens with one attached hydrogen (secondary N) is 1. The zero-order valence-corrected chi connectivity index (χ0v) is 12.3. The third-order valence-electron chi connectivity index (χ3n) is 3.39. The fraction of sp³-hybridized carbons (Fsp3) is 0.118. The lowest BCUT2D eigenvalue weighted by Crippen LogP contribution is -2.30. The van der Waals surface area contributed by atoms with Gasteiger partial charge < -0.3 is 4.74 Å². The zero-order chi connectivity index (χ0) is 15.5. The largest absolute Gasteiger partial charge is 0.489 e. The van der Waals surface area contributed by atoms with Gasteiger partial charge in [0, 0.05) is 7.05 Å². The molecule has 1 aliphatic heterocycles. The topological polar surface area (TPSA) is 44.8 Å². The van der Waals surface area contributed by atoms with E-state index in [4.69, 9.17) is 4.74 Å². The van der Waals surface area contributed by atoms with E-state index in [0.29, 0.717) is 12.4 Å². The quantitative estimate of drug-likeness (QED) is 0.942. The monoisotopic (exact) mass is 295 g/mol.